The van der Waals surface area contributed by atoms with E-state index in [2.05, 4.69) is 41.2 Å². The van der Waals surface area contributed by atoms with Gasteiger partial charge in [0.15, 0.2) is 11.6 Å². The van der Waals surface area contributed by atoms with E-state index in [4.69, 9.17) is 0 Å². The Morgan fingerprint density at radius 1 is 0.923 bits per heavy atom. The molecule has 26 heavy (non-hydrogen) atoms. The summed E-state index contributed by atoms with van der Waals surface area (Å²) in [7, 11) is 3.30. The number of rotatable bonds is 8. The third kappa shape index (κ3) is 5.63. The third-order valence-corrected chi connectivity index (χ3v) is 3.11. The lowest BCUT2D eigenvalue weighted by molar-refractivity contribution is 0.0943. The van der Waals surface area contributed by atoms with Crippen LogP contribution in [-0.4, -0.2) is 64.3 Å². The fourth-order valence-corrected chi connectivity index (χ4v) is 1.99. The van der Waals surface area contributed by atoms with Gasteiger partial charge in [-0.2, -0.15) is 9.97 Å². The summed E-state index contributed by atoms with van der Waals surface area (Å²) in [5.74, 6) is 1.11. The van der Waals surface area contributed by atoms with Gasteiger partial charge in [0.25, 0.3) is 6.43 Å². The lowest BCUT2D eigenvalue weighted by atomic mass is 10.1. The molecule has 146 valence electrons. The molecule has 0 aromatic carbocycles. The second-order valence-corrected chi connectivity index (χ2v) is 5.93. The van der Waals surface area contributed by atoms with Gasteiger partial charge in [-0.3, -0.25) is 0 Å². The van der Waals surface area contributed by atoms with E-state index in [0.717, 1.165) is 0 Å². The monoisotopic (exact) mass is 392 g/mol. The Bertz CT molecular complexity index is 741. The van der Waals surface area contributed by atoms with E-state index in [9.17, 15) is 13.9 Å². The summed E-state index contributed by atoms with van der Waals surface area (Å²) in [5, 5.41) is 21.0. The number of aromatic nitrogens is 4. The first-order valence-corrected chi connectivity index (χ1v) is 7.67. The number of aliphatic hydroxyl groups is 1. The summed E-state index contributed by atoms with van der Waals surface area (Å²) in [6.07, 6.45) is -2.52. The molecule has 0 spiro atoms. The van der Waals surface area contributed by atoms with Crippen molar-refractivity contribution in [1.82, 2.24) is 19.9 Å². The number of fused-ring (bicyclic) bond motifs is 1. The van der Waals surface area contributed by atoms with Gasteiger partial charge in [-0.05, 0) is 13.8 Å². The molecule has 0 aliphatic heterocycles. The second kappa shape index (κ2) is 8.90. The van der Waals surface area contributed by atoms with Crippen LogP contribution in [0.5, 0.6) is 0 Å². The lowest BCUT2D eigenvalue weighted by Gasteiger charge is -2.18. The van der Waals surface area contributed by atoms with E-state index >= 15 is 0 Å². The number of anilines is 4. The van der Waals surface area contributed by atoms with Crippen LogP contribution < -0.4 is 21.3 Å². The number of nitrogens with zero attached hydrogens (tertiary/aromatic N) is 4. The van der Waals surface area contributed by atoms with Gasteiger partial charge in [0.05, 0.1) is 12.1 Å². The highest BCUT2D eigenvalue weighted by atomic mass is 35.5. The van der Waals surface area contributed by atoms with Gasteiger partial charge >= 0.3 is 0 Å². The van der Waals surface area contributed by atoms with Gasteiger partial charge in [0.2, 0.25) is 11.9 Å². The fraction of sp³-hybridized carbons (Fsp3) is 0.571. The molecule has 0 saturated heterocycles. The van der Waals surface area contributed by atoms with Crippen LogP contribution in [0, 0.1) is 0 Å². The summed E-state index contributed by atoms with van der Waals surface area (Å²) in [6, 6.07) is 0. The SMILES string of the molecule is CNc1nc(NCC(C)(C)O)nc2c(NC)nc(NCC(F)F)nc12.Cl. The van der Waals surface area contributed by atoms with Crippen molar-refractivity contribution in [3.8, 4) is 0 Å². The van der Waals surface area contributed by atoms with Crippen molar-refractivity contribution in [1.29, 1.82) is 0 Å². The predicted octanol–water partition coefficient (Wildman–Crippen LogP) is 1.78. The highest BCUT2D eigenvalue weighted by Gasteiger charge is 2.17. The van der Waals surface area contributed by atoms with Crippen LogP contribution in [0.2, 0.25) is 0 Å². The predicted molar refractivity (Wildman–Crippen MR) is 101 cm³/mol. The summed E-state index contributed by atoms with van der Waals surface area (Å²) in [4.78, 5) is 17.0. The maximum Gasteiger partial charge on any atom is 0.255 e. The number of nitrogens with one attached hydrogen (secondary N) is 4. The average Bonchev–Trinajstić information content (AvgIpc) is 2.56. The maximum absolute atomic E-state index is 12.4. The lowest BCUT2D eigenvalue weighted by Crippen LogP contribution is -2.30. The molecule has 0 atom stereocenters. The fourth-order valence-electron chi connectivity index (χ4n) is 1.99. The van der Waals surface area contributed by atoms with E-state index in [1.807, 2.05) is 0 Å². The molecule has 0 fully saturated rings. The van der Waals surface area contributed by atoms with Crippen molar-refractivity contribution in [3.63, 3.8) is 0 Å². The first kappa shape index (κ1) is 21.8. The molecule has 0 amide bonds. The van der Waals surface area contributed by atoms with E-state index < -0.39 is 18.6 Å². The quantitative estimate of drug-likeness (QED) is 0.457. The van der Waals surface area contributed by atoms with E-state index in [1.165, 1.54) is 0 Å². The van der Waals surface area contributed by atoms with Crippen molar-refractivity contribution < 1.29 is 13.9 Å². The molecule has 0 unspecified atom stereocenters. The Morgan fingerprint density at radius 3 is 1.77 bits per heavy atom. The molecule has 2 rings (SSSR count). The normalized spacial score (nSPS) is 11.2. The molecule has 0 bridgehead atoms. The Hall–Kier alpha value is -2.27. The van der Waals surface area contributed by atoms with Crippen LogP contribution in [-0.2, 0) is 0 Å². The highest BCUT2D eigenvalue weighted by Crippen LogP contribution is 2.26. The number of hydrogen-bond donors (Lipinski definition) is 5. The van der Waals surface area contributed by atoms with Crippen molar-refractivity contribution >= 4 is 47.0 Å². The van der Waals surface area contributed by atoms with Crippen LogP contribution in [0.1, 0.15) is 13.8 Å². The molecule has 0 radical (unpaired) electrons. The van der Waals surface area contributed by atoms with Crippen LogP contribution >= 0.6 is 12.4 Å². The summed E-state index contributed by atoms with van der Waals surface area (Å²) in [5.41, 5.74) is -0.140. The first-order chi connectivity index (χ1) is 11.7. The highest BCUT2D eigenvalue weighted by molar-refractivity contribution is 5.94. The van der Waals surface area contributed by atoms with Gasteiger partial charge in [0, 0.05) is 20.6 Å². The van der Waals surface area contributed by atoms with Crippen molar-refractivity contribution in [2.75, 3.05) is 48.5 Å². The topological polar surface area (TPSA) is 120 Å². The Balaban J connectivity index is 0.00000338. The molecule has 12 heteroatoms. The van der Waals surface area contributed by atoms with Gasteiger partial charge in [-0.25, -0.2) is 18.7 Å². The maximum atomic E-state index is 12.4. The molecular weight excluding hydrogens is 370 g/mol. The van der Waals surface area contributed by atoms with Crippen LogP contribution in [0.4, 0.5) is 32.3 Å². The zero-order valence-electron chi connectivity index (χ0n) is 14.9. The number of hydrogen-bond acceptors (Lipinski definition) is 9. The average molecular weight is 393 g/mol. The van der Waals surface area contributed by atoms with Crippen molar-refractivity contribution in [3.05, 3.63) is 0 Å². The molecule has 2 aromatic rings. The van der Waals surface area contributed by atoms with Crippen LogP contribution in [0.3, 0.4) is 0 Å². The van der Waals surface area contributed by atoms with Crippen LogP contribution in [0.15, 0.2) is 0 Å². The molecule has 0 saturated carbocycles. The van der Waals surface area contributed by atoms with Gasteiger partial charge < -0.3 is 26.4 Å². The smallest absolute Gasteiger partial charge is 0.255 e. The minimum Gasteiger partial charge on any atom is -0.389 e. The molecule has 0 aliphatic rings. The zero-order chi connectivity index (χ0) is 18.6. The first-order valence-electron chi connectivity index (χ1n) is 7.67. The molecule has 0 aliphatic carbocycles. The molecule has 2 aromatic heterocycles. The van der Waals surface area contributed by atoms with E-state index in [-0.39, 0.29) is 30.8 Å². The Morgan fingerprint density at radius 2 is 1.38 bits per heavy atom. The largest absolute Gasteiger partial charge is 0.389 e. The standard InChI is InChI=1S/C14H22F2N8O.ClH/c1-14(2,25)6-20-13-22-9-8(11(18-4)24-13)21-12(19-5-7(15)16)23-10(9)17-3;/h7,25H,5-6H2,1-4H3,(H2,17,19,21,23)(H2,18,20,22,24);1H. The minimum absolute atomic E-state index is 0. The summed E-state index contributed by atoms with van der Waals surface area (Å²) < 4.78 is 24.8. The molecule has 9 nitrogen and oxygen atoms in total. The second-order valence-electron chi connectivity index (χ2n) is 5.93. The van der Waals surface area contributed by atoms with E-state index in [0.29, 0.717) is 22.7 Å². The number of halogens is 3. The van der Waals surface area contributed by atoms with Gasteiger partial charge in [-0.1, -0.05) is 0 Å². The van der Waals surface area contributed by atoms with Gasteiger partial charge in [0.1, 0.15) is 11.0 Å². The van der Waals surface area contributed by atoms with Gasteiger partial charge in [-0.15, -0.1) is 12.4 Å². The zero-order valence-corrected chi connectivity index (χ0v) is 15.7. The third-order valence-electron chi connectivity index (χ3n) is 3.11. The van der Waals surface area contributed by atoms with Crippen molar-refractivity contribution in [2.45, 2.75) is 25.9 Å². The summed E-state index contributed by atoms with van der Waals surface area (Å²) in [6.45, 7) is 2.99. The Kier molecular flexibility index (Phi) is 7.45. The van der Waals surface area contributed by atoms with E-state index in [1.54, 1.807) is 27.9 Å². The molecular formula is C14H23ClF2N8O. The minimum atomic E-state index is -2.52. The molecule has 2 heterocycles. The van der Waals surface area contributed by atoms with Crippen LogP contribution in [0.25, 0.3) is 11.0 Å². The van der Waals surface area contributed by atoms with Crippen molar-refractivity contribution in [2.24, 2.45) is 0 Å². The number of alkyl halides is 2. The Labute approximate surface area is 155 Å². The summed E-state index contributed by atoms with van der Waals surface area (Å²) >= 11 is 0. The molecule has 5 N–H and O–H groups in total.